The van der Waals surface area contributed by atoms with E-state index in [9.17, 15) is 0 Å². The molecule has 0 radical (unpaired) electrons. The highest BCUT2D eigenvalue weighted by molar-refractivity contribution is 7.10. The number of hydrogen-bond donors (Lipinski definition) is 1. The predicted molar refractivity (Wildman–Crippen MR) is 66.8 cm³/mol. The molecule has 0 atom stereocenters. The van der Waals surface area contributed by atoms with E-state index in [4.69, 9.17) is 16.3 Å². The molecule has 0 aliphatic rings. The second-order valence-corrected chi connectivity index (χ2v) is 4.81. The molecule has 1 aromatic heterocycles. The van der Waals surface area contributed by atoms with Gasteiger partial charge in [-0.2, -0.15) is 0 Å². The van der Waals surface area contributed by atoms with E-state index in [1.54, 1.807) is 11.3 Å². The number of nitrogens with one attached hydrogen (secondary N) is 1. The Morgan fingerprint density at radius 2 is 2.33 bits per heavy atom. The zero-order chi connectivity index (χ0) is 10.9. The van der Waals surface area contributed by atoms with Gasteiger partial charge in [-0.05, 0) is 25.5 Å². The molecule has 15 heavy (non-hydrogen) atoms. The summed E-state index contributed by atoms with van der Waals surface area (Å²) in [6.07, 6.45) is 2.17. The first-order chi connectivity index (χ1) is 7.33. The zero-order valence-electron chi connectivity index (χ0n) is 9.09. The van der Waals surface area contributed by atoms with E-state index >= 15 is 0 Å². The maximum absolute atomic E-state index is 5.82. The Bertz CT molecular complexity index is 265. The van der Waals surface area contributed by atoms with Gasteiger partial charge >= 0.3 is 0 Å². The van der Waals surface area contributed by atoms with Crippen molar-refractivity contribution in [3.05, 3.63) is 21.3 Å². The van der Waals surface area contributed by atoms with Crippen LogP contribution in [0.1, 0.15) is 24.6 Å². The lowest BCUT2D eigenvalue weighted by atomic mass is 10.4. The van der Waals surface area contributed by atoms with Crippen LogP contribution in [0.15, 0.2) is 11.4 Å². The molecule has 0 bridgehead atoms. The first kappa shape index (κ1) is 13.0. The Kier molecular flexibility index (Phi) is 7.01. The first-order valence-corrected chi connectivity index (χ1v) is 6.60. The first-order valence-electron chi connectivity index (χ1n) is 5.34. The van der Waals surface area contributed by atoms with Crippen LogP contribution in [0.4, 0.5) is 0 Å². The highest BCUT2D eigenvalue weighted by Crippen LogP contribution is 2.18. The van der Waals surface area contributed by atoms with Gasteiger partial charge in [0.2, 0.25) is 0 Å². The van der Waals surface area contributed by atoms with Crippen LogP contribution in [0.3, 0.4) is 0 Å². The Labute approximate surface area is 101 Å². The lowest BCUT2D eigenvalue weighted by Crippen LogP contribution is -2.15. The molecule has 0 fully saturated rings. The third-order valence-electron chi connectivity index (χ3n) is 1.91. The third-order valence-corrected chi connectivity index (χ3v) is 3.20. The molecule has 0 aliphatic carbocycles. The molecule has 0 aromatic carbocycles. The molecule has 1 heterocycles. The van der Waals surface area contributed by atoms with Crippen LogP contribution in [-0.4, -0.2) is 19.8 Å². The summed E-state index contributed by atoms with van der Waals surface area (Å²) in [5.74, 6) is 0. The summed E-state index contributed by atoms with van der Waals surface area (Å²) in [6.45, 7) is 5.76. The van der Waals surface area contributed by atoms with Gasteiger partial charge < -0.3 is 10.1 Å². The highest BCUT2D eigenvalue weighted by Gasteiger charge is 1.96. The van der Waals surface area contributed by atoms with Crippen molar-refractivity contribution in [2.75, 3.05) is 19.8 Å². The Morgan fingerprint density at radius 3 is 3.00 bits per heavy atom. The van der Waals surface area contributed by atoms with Crippen molar-refractivity contribution in [2.45, 2.75) is 26.3 Å². The quantitative estimate of drug-likeness (QED) is 0.712. The van der Waals surface area contributed by atoms with Gasteiger partial charge in [-0.15, -0.1) is 11.3 Å². The van der Waals surface area contributed by atoms with E-state index in [0.717, 1.165) is 44.2 Å². The van der Waals surface area contributed by atoms with Crippen LogP contribution in [-0.2, 0) is 11.3 Å². The molecular weight excluding hydrogens is 230 g/mol. The lowest BCUT2D eigenvalue weighted by Gasteiger charge is -2.03. The molecule has 86 valence electrons. The van der Waals surface area contributed by atoms with Crippen LogP contribution in [0.5, 0.6) is 0 Å². The minimum absolute atomic E-state index is 0.836. The van der Waals surface area contributed by atoms with E-state index < -0.39 is 0 Å². The van der Waals surface area contributed by atoms with E-state index in [1.807, 2.05) is 11.4 Å². The van der Waals surface area contributed by atoms with Gasteiger partial charge in [0.15, 0.2) is 0 Å². The molecule has 0 unspecified atom stereocenters. The summed E-state index contributed by atoms with van der Waals surface area (Å²) in [5.41, 5.74) is 0. The molecule has 1 N–H and O–H groups in total. The van der Waals surface area contributed by atoms with Crippen molar-refractivity contribution >= 4 is 22.9 Å². The van der Waals surface area contributed by atoms with E-state index in [-0.39, 0.29) is 0 Å². The van der Waals surface area contributed by atoms with Crippen LogP contribution in [0.25, 0.3) is 0 Å². The maximum atomic E-state index is 5.82. The van der Waals surface area contributed by atoms with Gasteiger partial charge in [0, 0.05) is 30.0 Å². The summed E-state index contributed by atoms with van der Waals surface area (Å²) >= 11 is 7.52. The van der Waals surface area contributed by atoms with E-state index in [2.05, 4.69) is 12.2 Å². The Morgan fingerprint density at radius 1 is 1.47 bits per heavy atom. The number of rotatable bonds is 8. The lowest BCUT2D eigenvalue weighted by molar-refractivity contribution is 0.132. The Hall–Kier alpha value is -0.0900. The number of halogens is 1. The SMILES string of the molecule is CCCOCCCNCc1cc(Cl)cs1. The molecule has 4 heteroatoms. The van der Waals surface area contributed by atoms with Gasteiger partial charge in [-0.1, -0.05) is 18.5 Å². The fourth-order valence-electron chi connectivity index (χ4n) is 1.20. The number of hydrogen-bond acceptors (Lipinski definition) is 3. The summed E-state index contributed by atoms with van der Waals surface area (Å²) in [5, 5.41) is 6.16. The molecule has 0 saturated heterocycles. The molecule has 0 amide bonds. The average molecular weight is 248 g/mol. The van der Waals surface area contributed by atoms with Gasteiger partial charge in [0.1, 0.15) is 0 Å². The van der Waals surface area contributed by atoms with Crippen molar-refractivity contribution < 1.29 is 4.74 Å². The maximum Gasteiger partial charge on any atom is 0.0516 e. The summed E-state index contributed by atoms with van der Waals surface area (Å²) < 4.78 is 5.38. The van der Waals surface area contributed by atoms with Crippen molar-refractivity contribution in [3.8, 4) is 0 Å². The molecule has 1 rings (SSSR count). The molecule has 0 spiro atoms. The fourth-order valence-corrected chi connectivity index (χ4v) is 2.25. The van der Waals surface area contributed by atoms with Gasteiger partial charge in [0.25, 0.3) is 0 Å². The summed E-state index contributed by atoms with van der Waals surface area (Å²) in [7, 11) is 0. The smallest absolute Gasteiger partial charge is 0.0516 e. The van der Waals surface area contributed by atoms with Crippen molar-refractivity contribution in [2.24, 2.45) is 0 Å². The van der Waals surface area contributed by atoms with Crippen LogP contribution < -0.4 is 5.32 Å². The van der Waals surface area contributed by atoms with Crippen LogP contribution in [0.2, 0.25) is 5.02 Å². The minimum atomic E-state index is 0.836. The number of ether oxygens (including phenoxy) is 1. The highest BCUT2D eigenvalue weighted by atomic mass is 35.5. The molecule has 1 aromatic rings. The van der Waals surface area contributed by atoms with Gasteiger partial charge in [-0.25, -0.2) is 0 Å². The topological polar surface area (TPSA) is 21.3 Å². The molecular formula is C11H18ClNOS. The number of thiophene rings is 1. The standard InChI is InChI=1S/C11H18ClNOS/c1-2-5-14-6-3-4-13-8-11-7-10(12)9-15-11/h7,9,13H,2-6,8H2,1H3. The van der Waals surface area contributed by atoms with E-state index in [1.165, 1.54) is 4.88 Å². The molecule has 0 aliphatic heterocycles. The second kappa shape index (κ2) is 8.11. The predicted octanol–water partition coefficient (Wildman–Crippen LogP) is 3.31. The Balaban J connectivity index is 1.93. The van der Waals surface area contributed by atoms with Crippen molar-refractivity contribution in [3.63, 3.8) is 0 Å². The normalized spacial score (nSPS) is 10.8. The molecule has 2 nitrogen and oxygen atoms in total. The van der Waals surface area contributed by atoms with Crippen molar-refractivity contribution in [1.82, 2.24) is 5.32 Å². The van der Waals surface area contributed by atoms with Crippen LogP contribution >= 0.6 is 22.9 Å². The van der Waals surface area contributed by atoms with Gasteiger partial charge in [-0.3, -0.25) is 0 Å². The summed E-state index contributed by atoms with van der Waals surface area (Å²) in [6, 6.07) is 2.01. The molecule has 0 saturated carbocycles. The fraction of sp³-hybridized carbons (Fsp3) is 0.636. The monoisotopic (exact) mass is 247 g/mol. The second-order valence-electron chi connectivity index (χ2n) is 3.37. The van der Waals surface area contributed by atoms with E-state index in [0.29, 0.717) is 0 Å². The van der Waals surface area contributed by atoms with Gasteiger partial charge in [0.05, 0.1) is 5.02 Å². The summed E-state index contributed by atoms with van der Waals surface area (Å²) in [4.78, 5) is 1.29. The van der Waals surface area contributed by atoms with Crippen LogP contribution in [0, 0.1) is 0 Å². The minimum Gasteiger partial charge on any atom is -0.381 e. The zero-order valence-corrected chi connectivity index (χ0v) is 10.7. The third kappa shape index (κ3) is 6.15. The van der Waals surface area contributed by atoms with Crippen molar-refractivity contribution in [1.29, 1.82) is 0 Å². The average Bonchev–Trinajstić information content (AvgIpc) is 2.63. The largest absolute Gasteiger partial charge is 0.381 e.